The van der Waals surface area contributed by atoms with E-state index < -0.39 is 0 Å². The minimum absolute atomic E-state index is 0.581. The Morgan fingerprint density at radius 3 is 2.62 bits per heavy atom. The van der Waals surface area contributed by atoms with Crippen molar-refractivity contribution in [2.75, 3.05) is 6.61 Å². The highest BCUT2D eigenvalue weighted by molar-refractivity contribution is 5.49. The second kappa shape index (κ2) is 5.20. The van der Waals surface area contributed by atoms with E-state index in [1.165, 1.54) is 17.4 Å². The SMILES string of the molecule is C=COC/C=C/c1ccc(C)cc1. The summed E-state index contributed by atoms with van der Waals surface area (Å²) in [6.45, 7) is 6.12. The normalized spacial score (nSPS) is 10.2. The molecule has 0 amide bonds. The molecule has 0 radical (unpaired) electrons. The van der Waals surface area contributed by atoms with E-state index in [4.69, 9.17) is 4.74 Å². The number of benzene rings is 1. The van der Waals surface area contributed by atoms with E-state index in [0.717, 1.165) is 0 Å². The van der Waals surface area contributed by atoms with Crippen LogP contribution in [0.3, 0.4) is 0 Å². The van der Waals surface area contributed by atoms with Crippen LogP contribution in [-0.4, -0.2) is 6.61 Å². The van der Waals surface area contributed by atoms with Gasteiger partial charge < -0.3 is 4.74 Å². The third-order valence-electron chi connectivity index (χ3n) is 1.70. The number of ether oxygens (including phenoxy) is 1. The van der Waals surface area contributed by atoms with Crippen molar-refractivity contribution in [3.05, 3.63) is 54.3 Å². The number of rotatable bonds is 4. The van der Waals surface area contributed by atoms with Crippen molar-refractivity contribution < 1.29 is 4.74 Å². The van der Waals surface area contributed by atoms with Gasteiger partial charge in [0.15, 0.2) is 0 Å². The Bertz CT molecular complexity index is 282. The van der Waals surface area contributed by atoms with Crippen LogP contribution in [-0.2, 0) is 4.74 Å². The van der Waals surface area contributed by atoms with Crippen LogP contribution in [0, 0.1) is 6.92 Å². The summed E-state index contributed by atoms with van der Waals surface area (Å²) in [5, 5.41) is 0. The average Bonchev–Trinajstić information content (AvgIpc) is 2.15. The zero-order chi connectivity index (χ0) is 9.52. The molecule has 1 aromatic carbocycles. The molecule has 1 aromatic rings. The summed E-state index contributed by atoms with van der Waals surface area (Å²) in [5.41, 5.74) is 2.47. The Labute approximate surface area is 79.4 Å². The smallest absolute Gasteiger partial charge is 0.106 e. The van der Waals surface area contributed by atoms with E-state index in [1.807, 2.05) is 12.2 Å². The Morgan fingerprint density at radius 1 is 1.31 bits per heavy atom. The van der Waals surface area contributed by atoms with Crippen LogP contribution in [0.15, 0.2) is 43.2 Å². The summed E-state index contributed by atoms with van der Waals surface area (Å²) in [6, 6.07) is 8.35. The Hall–Kier alpha value is -1.50. The maximum absolute atomic E-state index is 4.96. The maximum atomic E-state index is 4.96. The molecule has 0 saturated carbocycles. The summed E-state index contributed by atoms with van der Waals surface area (Å²) in [4.78, 5) is 0. The van der Waals surface area contributed by atoms with Gasteiger partial charge in [0, 0.05) is 0 Å². The van der Waals surface area contributed by atoms with E-state index in [1.54, 1.807) is 0 Å². The topological polar surface area (TPSA) is 9.23 Å². The molecule has 1 nitrogen and oxygen atoms in total. The summed E-state index contributed by atoms with van der Waals surface area (Å²) in [6.07, 6.45) is 5.44. The first-order valence-electron chi connectivity index (χ1n) is 4.28. The fourth-order valence-corrected chi connectivity index (χ4v) is 0.985. The predicted molar refractivity (Wildman–Crippen MR) is 56.4 cm³/mol. The molecule has 0 N–H and O–H groups in total. The Balaban J connectivity index is 2.49. The highest BCUT2D eigenvalue weighted by atomic mass is 16.5. The van der Waals surface area contributed by atoms with Gasteiger partial charge in [-0.15, -0.1) is 0 Å². The van der Waals surface area contributed by atoms with Crippen molar-refractivity contribution in [2.24, 2.45) is 0 Å². The number of hydrogen-bond donors (Lipinski definition) is 0. The van der Waals surface area contributed by atoms with Gasteiger partial charge in [0.1, 0.15) is 6.61 Å². The highest BCUT2D eigenvalue weighted by Crippen LogP contribution is 2.04. The lowest BCUT2D eigenvalue weighted by molar-refractivity contribution is 0.292. The van der Waals surface area contributed by atoms with Gasteiger partial charge in [0.25, 0.3) is 0 Å². The molecule has 0 aliphatic rings. The van der Waals surface area contributed by atoms with Gasteiger partial charge in [-0.25, -0.2) is 0 Å². The Morgan fingerprint density at radius 2 is 2.00 bits per heavy atom. The third-order valence-corrected chi connectivity index (χ3v) is 1.70. The van der Waals surface area contributed by atoms with Crippen molar-refractivity contribution in [3.63, 3.8) is 0 Å². The summed E-state index contributed by atoms with van der Waals surface area (Å²) in [5.74, 6) is 0. The molecule has 0 saturated heterocycles. The van der Waals surface area contributed by atoms with Crippen molar-refractivity contribution in [3.8, 4) is 0 Å². The lowest BCUT2D eigenvalue weighted by atomic mass is 10.1. The second-order valence-electron chi connectivity index (χ2n) is 2.81. The van der Waals surface area contributed by atoms with E-state index in [2.05, 4.69) is 37.8 Å². The molecule has 0 fully saturated rings. The van der Waals surface area contributed by atoms with Crippen molar-refractivity contribution in [1.29, 1.82) is 0 Å². The summed E-state index contributed by atoms with van der Waals surface area (Å²) >= 11 is 0. The fraction of sp³-hybridized carbons (Fsp3) is 0.167. The minimum Gasteiger partial charge on any atom is -0.498 e. The summed E-state index contributed by atoms with van der Waals surface area (Å²) < 4.78 is 4.96. The molecule has 0 atom stereocenters. The average molecular weight is 174 g/mol. The van der Waals surface area contributed by atoms with E-state index in [0.29, 0.717) is 6.61 Å². The van der Waals surface area contributed by atoms with Gasteiger partial charge >= 0.3 is 0 Å². The molecular weight excluding hydrogens is 160 g/mol. The first kappa shape index (κ1) is 9.59. The molecule has 0 aromatic heterocycles. The van der Waals surface area contributed by atoms with E-state index in [9.17, 15) is 0 Å². The zero-order valence-electron chi connectivity index (χ0n) is 7.86. The molecule has 0 bridgehead atoms. The van der Waals surface area contributed by atoms with Crippen LogP contribution in [0.4, 0.5) is 0 Å². The first-order chi connectivity index (χ1) is 6.33. The fourth-order valence-electron chi connectivity index (χ4n) is 0.985. The predicted octanol–water partition coefficient (Wildman–Crippen LogP) is 3.17. The molecule has 0 spiro atoms. The van der Waals surface area contributed by atoms with E-state index in [-0.39, 0.29) is 0 Å². The molecule has 0 aliphatic heterocycles. The highest BCUT2D eigenvalue weighted by Gasteiger charge is 1.85. The van der Waals surface area contributed by atoms with Crippen LogP contribution in [0.1, 0.15) is 11.1 Å². The van der Waals surface area contributed by atoms with E-state index >= 15 is 0 Å². The van der Waals surface area contributed by atoms with Gasteiger partial charge in [-0.3, -0.25) is 0 Å². The lowest BCUT2D eigenvalue weighted by Crippen LogP contribution is -1.79. The lowest BCUT2D eigenvalue weighted by Gasteiger charge is -1.95. The first-order valence-corrected chi connectivity index (χ1v) is 4.28. The number of hydrogen-bond acceptors (Lipinski definition) is 1. The van der Waals surface area contributed by atoms with Crippen LogP contribution in [0.2, 0.25) is 0 Å². The van der Waals surface area contributed by atoms with Crippen molar-refractivity contribution in [1.82, 2.24) is 0 Å². The van der Waals surface area contributed by atoms with Crippen molar-refractivity contribution in [2.45, 2.75) is 6.92 Å². The molecule has 1 rings (SSSR count). The number of aryl methyl sites for hydroxylation is 1. The Kier molecular flexibility index (Phi) is 3.83. The molecule has 0 aliphatic carbocycles. The maximum Gasteiger partial charge on any atom is 0.106 e. The molecule has 0 heterocycles. The largest absolute Gasteiger partial charge is 0.498 e. The van der Waals surface area contributed by atoms with Crippen LogP contribution in [0.5, 0.6) is 0 Å². The quantitative estimate of drug-likeness (QED) is 0.503. The molecule has 13 heavy (non-hydrogen) atoms. The standard InChI is InChI=1S/C12H14O/c1-3-13-10-4-5-12-8-6-11(2)7-9-12/h3-9H,1,10H2,2H3/b5-4+. The molecule has 1 heteroatoms. The second-order valence-corrected chi connectivity index (χ2v) is 2.81. The zero-order valence-corrected chi connectivity index (χ0v) is 7.86. The minimum atomic E-state index is 0.581. The molecular formula is C12H14O. The van der Waals surface area contributed by atoms with Gasteiger partial charge in [0.05, 0.1) is 6.26 Å². The van der Waals surface area contributed by atoms with Gasteiger partial charge in [0.2, 0.25) is 0 Å². The van der Waals surface area contributed by atoms with Gasteiger partial charge in [-0.1, -0.05) is 42.5 Å². The van der Waals surface area contributed by atoms with Gasteiger partial charge in [-0.05, 0) is 18.6 Å². The van der Waals surface area contributed by atoms with Crippen LogP contribution < -0.4 is 0 Å². The van der Waals surface area contributed by atoms with Crippen LogP contribution in [0.25, 0.3) is 6.08 Å². The third kappa shape index (κ3) is 3.61. The van der Waals surface area contributed by atoms with Gasteiger partial charge in [-0.2, -0.15) is 0 Å². The molecule has 0 unspecified atom stereocenters. The van der Waals surface area contributed by atoms with Crippen LogP contribution >= 0.6 is 0 Å². The monoisotopic (exact) mass is 174 g/mol. The molecule has 68 valence electrons. The summed E-state index contributed by atoms with van der Waals surface area (Å²) in [7, 11) is 0. The van der Waals surface area contributed by atoms with Crippen molar-refractivity contribution >= 4 is 6.08 Å².